The normalized spacial score (nSPS) is 13.5. The van der Waals surface area contributed by atoms with E-state index in [-0.39, 0.29) is 24.1 Å². The van der Waals surface area contributed by atoms with Crippen LogP contribution in [0.25, 0.3) is 11.1 Å². The van der Waals surface area contributed by atoms with Gasteiger partial charge < -0.3 is 14.5 Å². The Balaban J connectivity index is 1.25. The molecule has 0 bridgehead atoms. The maximum absolute atomic E-state index is 12.6. The van der Waals surface area contributed by atoms with Crippen molar-refractivity contribution in [2.45, 2.75) is 0 Å². The lowest BCUT2D eigenvalue weighted by molar-refractivity contribution is -0.384. The molecule has 0 aliphatic carbocycles. The Morgan fingerprint density at radius 3 is 1.97 bits per heavy atom. The zero-order chi connectivity index (χ0) is 23.2. The number of carbonyl (C=O) groups is 2. The predicted octanol–water partition coefficient (Wildman–Crippen LogP) is 3.63. The van der Waals surface area contributed by atoms with E-state index in [1.165, 1.54) is 24.3 Å². The monoisotopic (exact) mass is 445 g/mol. The number of rotatable bonds is 6. The number of carbonyl (C=O) groups excluding carboxylic acids is 2. The van der Waals surface area contributed by atoms with Crippen LogP contribution >= 0.6 is 0 Å². The summed E-state index contributed by atoms with van der Waals surface area (Å²) in [6, 6.07) is 23.1. The Kier molecular flexibility index (Phi) is 6.64. The third kappa shape index (κ3) is 5.35. The molecule has 1 saturated heterocycles. The first-order valence-corrected chi connectivity index (χ1v) is 10.6. The second-order valence-corrected chi connectivity index (χ2v) is 7.66. The molecule has 1 aliphatic heterocycles. The first kappa shape index (κ1) is 22.0. The SMILES string of the molecule is O=C(COc1ccc(-c2ccccc2)cc1)N1CCN(C(=O)c2ccc([N+](=O)[O-])cc2)CC1. The number of amides is 2. The van der Waals surface area contributed by atoms with Crippen LogP contribution in [-0.2, 0) is 4.79 Å². The van der Waals surface area contributed by atoms with Gasteiger partial charge in [-0.2, -0.15) is 0 Å². The second kappa shape index (κ2) is 9.95. The highest BCUT2D eigenvalue weighted by Crippen LogP contribution is 2.22. The van der Waals surface area contributed by atoms with Crippen molar-refractivity contribution in [2.75, 3.05) is 32.8 Å². The number of hydrogen-bond acceptors (Lipinski definition) is 5. The van der Waals surface area contributed by atoms with E-state index in [4.69, 9.17) is 4.74 Å². The summed E-state index contributed by atoms with van der Waals surface area (Å²) in [5, 5.41) is 10.8. The van der Waals surface area contributed by atoms with Crippen molar-refractivity contribution in [1.29, 1.82) is 0 Å². The number of ether oxygens (including phenoxy) is 1. The lowest BCUT2D eigenvalue weighted by atomic mass is 10.1. The second-order valence-electron chi connectivity index (χ2n) is 7.66. The quantitative estimate of drug-likeness (QED) is 0.427. The highest BCUT2D eigenvalue weighted by molar-refractivity contribution is 5.94. The molecule has 0 radical (unpaired) electrons. The average Bonchev–Trinajstić information content (AvgIpc) is 2.88. The maximum atomic E-state index is 12.6. The number of nitrogens with zero attached hydrogens (tertiary/aromatic N) is 3. The summed E-state index contributed by atoms with van der Waals surface area (Å²) in [5.41, 5.74) is 2.52. The fourth-order valence-corrected chi connectivity index (χ4v) is 3.68. The topological polar surface area (TPSA) is 93.0 Å². The molecule has 1 aliphatic rings. The largest absolute Gasteiger partial charge is 0.484 e. The maximum Gasteiger partial charge on any atom is 0.269 e. The fraction of sp³-hybridized carbons (Fsp3) is 0.200. The van der Waals surface area contributed by atoms with Crippen LogP contribution < -0.4 is 4.74 Å². The summed E-state index contributed by atoms with van der Waals surface area (Å²) < 4.78 is 5.66. The number of hydrogen-bond donors (Lipinski definition) is 0. The molecule has 0 spiro atoms. The van der Waals surface area contributed by atoms with Crippen molar-refractivity contribution < 1.29 is 19.2 Å². The highest BCUT2D eigenvalue weighted by Gasteiger charge is 2.25. The molecule has 4 rings (SSSR count). The summed E-state index contributed by atoms with van der Waals surface area (Å²) in [6.07, 6.45) is 0. The van der Waals surface area contributed by atoms with E-state index >= 15 is 0 Å². The number of non-ortho nitro benzene ring substituents is 1. The minimum atomic E-state index is -0.502. The van der Waals surface area contributed by atoms with Gasteiger partial charge in [-0.15, -0.1) is 0 Å². The minimum Gasteiger partial charge on any atom is -0.484 e. The van der Waals surface area contributed by atoms with E-state index in [2.05, 4.69) is 0 Å². The standard InChI is InChI=1S/C25H23N3O5/c29-24(18-33-23-12-8-20(9-13-23)19-4-2-1-3-5-19)26-14-16-27(17-15-26)25(30)21-6-10-22(11-7-21)28(31)32/h1-13H,14-18H2. The number of benzene rings is 3. The van der Waals surface area contributed by atoms with Crippen LogP contribution in [0.1, 0.15) is 10.4 Å². The molecule has 0 unspecified atom stereocenters. The first-order chi connectivity index (χ1) is 16.0. The summed E-state index contributed by atoms with van der Waals surface area (Å²) in [4.78, 5) is 38.8. The van der Waals surface area contributed by atoms with Gasteiger partial charge in [0, 0.05) is 43.9 Å². The van der Waals surface area contributed by atoms with Gasteiger partial charge in [0.05, 0.1) is 4.92 Å². The van der Waals surface area contributed by atoms with Crippen LogP contribution in [0.3, 0.4) is 0 Å². The summed E-state index contributed by atoms with van der Waals surface area (Å²) in [5.74, 6) is 0.284. The van der Waals surface area contributed by atoms with Gasteiger partial charge >= 0.3 is 0 Å². The van der Waals surface area contributed by atoms with Crippen molar-refractivity contribution in [3.8, 4) is 16.9 Å². The molecule has 0 aromatic heterocycles. The Morgan fingerprint density at radius 2 is 1.36 bits per heavy atom. The van der Waals surface area contributed by atoms with Crippen LogP contribution in [0, 0.1) is 10.1 Å². The molecule has 8 heteroatoms. The molecule has 1 heterocycles. The smallest absolute Gasteiger partial charge is 0.269 e. The first-order valence-electron chi connectivity index (χ1n) is 10.6. The van der Waals surface area contributed by atoms with Crippen LogP contribution in [0.4, 0.5) is 5.69 Å². The van der Waals surface area contributed by atoms with E-state index in [0.717, 1.165) is 11.1 Å². The number of nitro groups is 1. The predicted molar refractivity (Wildman–Crippen MR) is 123 cm³/mol. The molecule has 3 aromatic carbocycles. The molecule has 0 N–H and O–H groups in total. The Morgan fingerprint density at radius 1 is 0.788 bits per heavy atom. The van der Waals surface area contributed by atoms with E-state index in [9.17, 15) is 19.7 Å². The van der Waals surface area contributed by atoms with Gasteiger partial charge in [0.25, 0.3) is 17.5 Å². The van der Waals surface area contributed by atoms with Gasteiger partial charge in [-0.1, -0.05) is 42.5 Å². The van der Waals surface area contributed by atoms with Crippen LogP contribution in [0.15, 0.2) is 78.9 Å². The van der Waals surface area contributed by atoms with Crippen molar-refractivity contribution in [1.82, 2.24) is 9.80 Å². The molecule has 3 aromatic rings. The summed E-state index contributed by atoms with van der Waals surface area (Å²) in [6.45, 7) is 1.55. The highest BCUT2D eigenvalue weighted by atomic mass is 16.6. The van der Waals surface area contributed by atoms with Gasteiger partial charge in [-0.05, 0) is 35.4 Å². The molecule has 0 saturated carbocycles. The molecular weight excluding hydrogens is 422 g/mol. The van der Waals surface area contributed by atoms with E-state index in [0.29, 0.717) is 37.5 Å². The third-order valence-corrected chi connectivity index (χ3v) is 5.57. The van der Waals surface area contributed by atoms with Gasteiger partial charge in [0.2, 0.25) is 0 Å². The number of nitro benzene ring substituents is 1. The summed E-state index contributed by atoms with van der Waals surface area (Å²) in [7, 11) is 0. The minimum absolute atomic E-state index is 0.0586. The lowest BCUT2D eigenvalue weighted by Gasteiger charge is -2.34. The molecular formula is C25H23N3O5. The van der Waals surface area contributed by atoms with Gasteiger partial charge in [0.15, 0.2) is 6.61 Å². The Bertz CT molecular complexity index is 1120. The zero-order valence-corrected chi connectivity index (χ0v) is 17.9. The molecule has 2 amide bonds. The van der Waals surface area contributed by atoms with E-state index in [1.807, 2.05) is 54.6 Å². The van der Waals surface area contributed by atoms with Crippen molar-refractivity contribution in [2.24, 2.45) is 0 Å². The van der Waals surface area contributed by atoms with Crippen molar-refractivity contribution in [3.05, 3.63) is 94.5 Å². The lowest BCUT2D eigenvalue weighted by Crippen LogP contribution is -2.51. The summed E-state index contributed by atoms with van der Waals surface area (Å²) >= 11 is 0. The average molecular weight is 445 g/mol. The molecule has 33 heavy (non-hydrogen) atoms. The molecule has 1 fully saturated rings. The number of piperazine rings is 1. The van der Waals surface area contributed by atoms with Gasteiger partial charge in [-0.3, -0.25) is 19.7 Å². The van der Waals surface area contributed by atoms with Crippen LogP contribution in [-0.4, -0.2) is 59.3 Å². The third-order valence-electron chi connectivity index (χ3n) is 5.57. The Labute approximate surface area is 191 Å². The van der Waals surface area contributed by atoms with Crippen molar-refractivity contribution >= 4 is 17.5 Å². The van der Waals surface area contributed by atoms with Gasteiger partial charge in [-0.25, -0.2) is 0 Å². The molecule has 168 valence electrons. The van der Waals surface area contributed by atoms with E-state index < -0.39 is 4.92 Å². The zero-order valence-electron chi connectivity index (χ0n) is 17.9. The van der Waals surface area contributed by atoms with Crippen LogP contribution in [0.5, 0.6) is 5.75 Å². The van der Waals surface area contributed by atoms with E-state index in [1.54, 1.807) is 9.80 Å². The Hall–Kier alpha value is -4.20. The van der Waals surface area contributed by atoms with Crippen LogP contribution in [0.2, 0.25) is 0 Å². The fourth-order valence-electron chi connectivity index (χ4n) is 3.68. The van der Waals surface area contributed by atoms with Crippen molar-refractivity contribution in [3.63, 3.8) is 0 Å². The molecule has 0 atom stereocenters. The van der Waals surface area contributed by atoms with Gasteiger partial charge in [0.1, 0.15) is 5.75 Å². The molecule has 8 nitrogen and oxygen atoms in total.